The van der Waals surface area contributed by atoms with E-state index in [1.165, 1.54) is 0 Å². The molecule has 6 nitrogen and oxygen atoms in total. The Labute approximate surface area is 124 Å². The number of likely N-dealkylation sites (tertiary alicyclic amines) is 1. The Hall–Kier alpha value is -1.95. The largest absolute Gasteiger partial charge is 0.352 e. The van der Waals surface area contributed by atoms with Gasteiger partial charge in [-0.1, -0.05) is 0 Å². The molecule has 21 heavy (non-hydrogen) atoms. The Morgan fingerprint density at radius 1 is 1.24 bits per heavy atom. The van der Waals surface area contributed by atoms with E-state index in [0.29, 0.717) is 19.6 Å². The number of aromatic nitrogens is 1. The fourth-order valence-electron chi connectivity index (χ4n) is 2.32. The van der Waals surface area contributed by atoms with Crippen molar-refractivity contribution in [1.82, 2.24) is 15.2 Å². The van der Waals surface area contributed by atoms with Crippen LogP contribution < -0.4 is 11.1 Å². The zero-order valence-corrected chi connectivity index (χ0v) is 12.1. The van der Waals surface area contributed by atoms with Gasteiger partial charge in [-0.2, -0.15) is 0 Å². The first kappa shape index (κ1) is 15.4. The molecule has 2 amide bonds. The third-order valence-electron chi connectivity index (χ3n) is 3.70. The number of hydrogen-bond acceptors (Lipinski definition) is 4. The van der Waals surface area contributed by atoms with Gasteiger partial charge in [0.25, 0.3) is 0 Å². The van der Waals surface area contributed by atoms with E-state index in [1.807, 2.05) is 12.1 Å². The van der Waals surface area contributed by atoms with E-state index in [-0.39, 0.29) is 30.7 Å². The Morgan fingerprint density at radius 3 is 2.57 bits per heavy atom. The van der Waals surface area contributed by atoms with Crippen molar-refractivity contribution in [3.8, 4) is 0 Å². The van der Waals surface area contributed by atoms with Gasteiger partial charge in [0.05, 0.1) is 0 Å². The minimum atomic E-state index is -0.103. The SMILES string of the molecule is NC1CCN(C(=O)CCC(=O)NCc2ccncc2)CC1. The number of carbonyl (C=O) groups is 2. The summed E-state index contributed by atoms with van der Waals surface area (Å²) in [5.74, 6) is -0.0603. The second-order valence-corrected chi connectivity index (χ2v) is 5.35. The van der Waals surface area contributed by atoms with Crippen LogP contribution in [0, 0.1) is 0 Å². The molecule has 3 N–H and O–H groups in total. The monoisotopic (exact) mass is 290 g/mol. The van der Waals surface area contributed by atoms with Crippen molar-refractivity contribution in [2.24, 2.45) is 5.73 Å². The van der Waals surface area contributed by atoms with Crippen molar-refractivity contribution in [3.05, 3.63) is 30.1 Å². The molecular weight excluding hydrogens is 268 g/mol. The smallest absolute Gasteiger partial charge is 0.223 e. The van der Waals surface area contributed by atoms with Crippen molar-refractivity contribution in [1.29, 1.82) is 0 Å². The number of nitrogens with zero attached hydrogens (tertiary/aromatic N) is 2. The Balaban J connectivity index is 1.65. The highest BCUT2D eigenvalue weighted by Crippen LogP contribution is 2.10. The maximum atomic E-state index is 12.0. The molecule has 1 aliphatic rings. The molecule has 6 heteroatoms. The molecule has 2 rings (SSSR count). The van der Waals surface area contributed by atoms with Gasteiger partial charge in [-0.05, 0) is 30.5 Å². The van der Waals surface area contributed by atoms with Crippen LogP contribution in [0.3, 0.4) is 0 Å². The van der Waals surface area contributed by atoms with Crippen LogP contribution in [0.2, 0.25) is 0 Å². The molecule has 0 bridgehead atoms. The van der Waals surface area contributed by atoms with Crippen LogP contribution >= 0.6 is 0 Å². The van der Waals surface area contributed by atoms with Crippen molar-refractivity contribution in [2.45, 2.75) is 38.3 Å². The molecule has 1 aliphatic heterocycles. The lowest BCUT2D eigenvalue weighted by Gasteiger charge is -2.30. The first-order valence-corrected chi connectivity index (χ1v) is 7.34. The van der Waals surface area contributed by atoms with E-state index >= 15 is 0 Å². The summed E-state index contributed by atoms with van der Waals surface area (Å²) in [6, 6.07) is 3.91. The standard InChI is InChI=1S/C15H22N4O2/c16-13-5-9-19(10-6-13)15(21)2-1-14(20)18-11-12-3-7-17-8-4-12/h3-4,7-8,13H,1-2,5-6,9-11,16H2,(H,18,20). The summed E-state index contributed by atoms with van der Waals surface area (Å²) < 4.78 is 0. The van der Waals surface area contributed by atoms with Crippen LogP contribution in [0.5, 0.6) is 0 Å². The Kier molecular flexibility index (Phi) is 5.68. The number of amides is 2. The van der Waals surface area contributed by atoms with Gasteiger partial charge in [-0.15, -0.1) is 0 Å². The zero-order chi connectivity index (χ0) is 15.1. The molecule has 0 unspecified atom stereocenters. The zero-order valence-electron chi connectivity index (χ0n) is 12.1. The molecule has 1 aromatic heterocycles. The van der Waals surface area contributed by atoms with Crippen molar-refractivity contribution >= 4 is 11.8 Å². The minimum absolute atomic E-state index is 0.0426. The highest BCUT2D eigenvalue weighted by Gasteiger charge is 2.20. The summed E-state index contributed by atoms with van der Waals surface area (Å²) in [5, 5.41) is 2.81. The molecule has 0 aliphatic carbocycles. The van der Waals surface area contributed by atoms with Crippen molar-refractivity contribution < 1.29 is 9.59 Å². The molecule has 2 heterocycles. The maximum Gasteiger partial charge on any atom is 0.223 e. The number of hydrogen-bond donors (Lipinski definition) is 2. The molecule has 0 aromatic carbocycles. The summed E-state index contributed by atoms with van der Waals surface area (Å²) in [6.45, 7) is 1.88. The average molecular weight is 290 g/mol. The summed E-state index contributed by atoms with van der Waals surface area (Å²) in [7, 11) is 0. The lowest BCUT2D eigenvalue weighted by Crippen LogP contribution is -2.43. The van der Waals surface area contributed by atoms with Crippen LogP contribution in [0.1, 0.15) is 31.2 Å². The summed E-state index contributed by atoms with van der Waals surface area (Å²) in [6.07, 6.45) is 5.56. The second kappa shape index (κ2) is 7.73. The number of pyridine rings is 1. The molecule has 114 valence electrons. The normalized spacial score (nSPS) is 15.8. The number of nitrogens with one attached hydrogen (secondary N) is 1. The van der Waals surface area contributed by atoms with Crippen LogP contribution in [0.25, 0.3) is 0 Å². The fourth-order valence-corrected chi connectivity index (χ4v) is 2.32. The van der Waals surface area contributed by atoms with Crippen LogP contribution in [0.4, 0.5) is 0 Å². The maximum absolute atomic E-state index is 12.0. The topological polar surface area (TPSA) is 88.3 Å². The highest BCUT2D eigenvalue weighted by molar-refractivity contribution is 5.83. The number of rotatable bonds is 5. The lowest BCUT2D eigenvalue weighted by molar-refractivity contribution is -0.134. The van der Waals surface area contributed by atoms with E-state index in [0.717, 1.165) is 18.4 Å². The van der Waals surface area contributed by atoms with E-state index in [4.69, 9.17) is 5.73 Å². The average Bonchev–Trinajstić information content (AvgIpc) is 2.52. The summed E-state index contributed by atoms with van der Waals surface area (Å²) >= 11 is 0. The fraction of sp³-hybridized carbons (Fsp3) is 0.533. The van der Waals surface area contributed by atoms with Gasteiger partial charge in [0, 0.05) is 50.9 Å². The second-order valence-electron chi connectivity index (χ2n) is 5.35. The molecule has 0 saturated carbocycles. The first-order chi connectivity index (χ1) is 10.1. The van der Waals surface area contributed by atoms with Crippen LogP contribution in [-0.2, 0) is 16.1 Å². The van der Waals surface area contributed by atoms with Gasteiger partial charge in [-0.3, -0.25) is 14.6 Å². The number of carbonyl (C=O) groups excluding carboxylic acids is 2. The van der Waals surface area contributed by atoms with E-state index < -0.39 is 0 Å². The van der Waals surface area contributed by atoms with Gasteiger partial charge >= 0.3 is 0 Å². The molecule has 0 atom stereocenters. The van der Waals surface area contributed by atoms with E-state index in [2.05, 4.69) is 10.3 Å². The Bertz CT molecular complexity index is 470. The van der Waals surface area contributed by atoms with Crippen LogP contribution in [0.15, 0.2) is 24.5 Å². The summed E-state index contributed by atoms with van der Waals surface area (Å²) in [5.41, 5.74) is 6.80. The van der Waals surface area contributed by atoms with Crippen LogP contribution in [-0.4, -0.2) is 40.8 Å². The van der Waals surface area contributed by atoms with Crippen molar-refractivity contribution in [3.63, 3.8) is 0 Å². The molecule has 1 saturated heterocycles. The third kappa shape index (κ3) is 5.15. The number of piperidine rings is 1. The van der Waals surface area contributed by atoms with Gasteiger partial charge in [0.2, 0.25) is 11.8 Å². The minimum Gasteiger partial charge on any atom is -0.352 e. The van der Waals surface area contributed by atoms with Gasteiger partial charge in [0.15, 0.2) is 0 Å². The van der Waals surface area contributed by atoms with Crippen molar-refractivity contribution in [2.75, 3.05) is 13.1 Å². The number of nitrogens with two attached hydrogens (primary N) is 1. The highest BCUT2D eigenvalue weighted by atomic mass is 16.2. The first-order valence-electron chi connectivity index (χ1n) is 7.34. The molecule has 0 spiro atoms. The molecule has 1 aromatic rings. The Morgan fingerprint density at radius 2 is 1.90 bits per heavy atom. The molecule has 0 radical (unpaired) electrons. The summed E-state index contributed by atoms with van der Waals surface area (Å²) in [4.78, 5) is 29.4. The van der Waals surface area contributed by atoms with Gasteiger partial charge in [-0.25, -0.2) is 0 Å². The quantitative estimate of drug-likeness (QED) is 0.823. The molecule has 1 fully saturated rings. The van der Waals surface area contributed by atoms with Gasteiger partial charge in [0.1, 0.15) is 0 Å². The lowest BCUT2D eigenvalue weighted by atomic mass is 10.1. The van der Waals surface area contributed by atoms with Gasteiger partial charge < -0.3 is 16.0 Å². The van der Waals surface area contributed by atoms with E-state index in [9.17, 15) is 9.59 Å². The molecular formula is C15H22N4O2. The van der Waals surface area contributed by atoms with E-state index in [1.54, 1.807) is 17.3 Å². The predicted octanol–water partition coefficient (Wildman–Crippen LogP) is 0.428. The third-order valence-corrected chi connectivity index (χ3v) is 3.70. The predicted molar refractivity (Wildman–Crippen MR) is 79.1 cm³/mol.